The molecule has 0 heterocycles. The molecule has 0 saturated heterocycles. The first-order chi connectivity index (χ1) is 10.0. The molecule has 0 spiro atoms. The fourth-order valence-corrected chi connectivity index (χ4v) is 1.76. The SMILES string of the molecule is COc1ccc(C(=O)OC/C=C(/C)CCC=C(C)C)cc1. The van der Waals surface area contributed by atoms with Gasteiger partial charge in [-0.25, -0.2) is 4.79 Å². The van der Waals surface area contributed by atoms with Gasteiger partial charge in [-0.15, -0.1) is 0 Å². The van der Waals surface area contributed by atoms with E-state index >= 15 is 0 Å². The smallest absolute Gasteiger partial charge is 0.338 e. The van der Waals surface area contributed by atoms with Crippen LogP contribution in [0, 0.1) is 0 Å². The summed E-state index contributed by atoms with van der Waals surface area (Å²) in [6.07, 6.45) is 6.18. The van der Waals surface area contributed by atoms with Gasteiger partial charge in [-0.1, -0.05) is 17.2 Å². The van der Waals surface area contributed by atoms with E-state index in [1.165, 1.54) is 11.1 Å². The topological polar surface area (TPSA) is 35.5 Å². The summed E-state index contributed by atoms with van der Waals surface area (Å²) in [6, 6.07) is 6.90. The Hall–Kier alpha value is -2.03. The fourth-order valence-electron chi connectivity index (χ4n) is 1.76. The van der Waals surface area contributed by atoms with Crippen LogP contribution in [0.25, 0.3) is 0 Å². The minimum atomic E-state index is -0.314. The van der Waals surface area contributed by atoms with E-state index in [0.717, 1.165) is 18.6 Å². The Labute approximate surface area is 127 Å². The second kappa shape index (κ2) is 9.01. The first-order valence-corrected chi connectivity index (χ1v) is 7.13. The van der Waals surface area contributed by atoms with Gasteiger partial charge in [-0.3, -0.25) is 0 Å². The number of ether oxygens (including phenoxy) is 2. The second-order valence-electron chi connectivity index (χ2n) is 5.20. The molecule has 0 unspecified atom stereocenters. The molecular weight excluding hydrogens is 264 g/mol. The summed E-state index contributed by atoms with van der Waals surface area (Å²) < 4.78 is 10.3. The van der Waals surface area contributed by atoms with E-state index in [0.29, 0.717) is 12.2 Å². The lowest BCUT2D eigenvalue weighted by atomic mass is 10.1. The molecule has 1 aromatic carbocycles. The summed E-state index contributed by atoms with van der Waals surface area (Å²) >= 11 is 0. The number of allylic oxidation sites excluding steroid dienone is 3. The Kier molecular flexibility index (Phi) is 7.30. The van der Waals surface area contributed by atoms with E-state index < -0.39 is 0 Å². The third kappa shape index (κ3) is 6.80. The van der Waals surface area contributed by atoms with Crippen LogP contribution in [-0.2, 0) is 4.74 Å². The largest absolute Gasteiger partial charge is 0.497 e. The monoisotopic (exact) mass is 288 g/mol. The van der Waals surface area contributed by atoms with Gasteiger partial charge >= 0.3 is 5.97 Å². The third-order valence-electron chi connectivity index (χ3n) is 3.06. The van der Waals surface area contributed by atoms with Crippen molar-refractivity contribution in [2.45, 2.75) is 33.6 Å². The first-order valence-electron chi connectivity index (χ1n) is 7.13. The number of rotatable bonds is 7. The minimum absolute atomic E-state index is 0.311. The molecule has 3 nitrogen and oxygen atoms in total. The highest BCUT2D eigenvalue weighted by atomic mass is 16.5. The van der Waals surface area contributed by atoms with Gasteiger partial charge in [-0.2, -0.15) is 0 Å². The first kappa shape index (κ1) is 17.0. The molecule has 0 bridgehead atoms. The highest BCUT2D eigenvalue weighted by Gasteiger charge is 2.05. The molecule has 0 atom stereocenters. The van der Waals surface area contributed by atoms with Crippen LogP contribution >= 0.6 is 0 Å². The van der Waals surface area contributed by atoms with E-state index in [-0.39, 0.29) is 5.97 Å². The van der Waals surface area contributed by atoms with E-state index in [2.05, 4.69) is 26.8 Å². The molecule has 21 heavy (non-hydrogen) atoms. The van der Waals surface area contributed by atoms with E-state index in [9.17, 15) is 4.79 Å². The second-order valence-corrected chi connectivity index (χ2v) is 5.20. The Morgan fingerprint density at radius 1 is 1.10 bits per heavy atom. The molecule has 0 saturated carbocycles. The van der Waals surface area contributed by atoms with Crippen LogP contribution in [0.15, 0.2) is 47.6 Å². The number of benzene rings is 1. The molecule has 0 aromatic heterocycles. The summed E-state index contributed by atoms with van der Waals surface area (Å²) in [6.45, 7) is 6.55. The molecule has 0 N–H and O–H groups in total. The van der Waals surface area contributed by atoms with Crippen LogP contribution < -0.4 is 4.74 Å². The Morgan fingerprint density at radius 2 is 1.76 bits per heavy atom. The van der Waals surface area contributed by atoms with Crippen LogP contribution in [0.4, 0.5) is 0 Å². The highest BCUT2D eigenvalue weighted by molar-refractivity contribution is 5.89. The number of carbonyl (C=O) groups excluding carboxylic acids is 1. The van der Waals surface area contributed by atoms with Crippen molar-refractivity contribution in [1.82, 2.24) is 0 Å². The van der Waals surface area contributed by atoms with Gasteiger partial charge in [0.25, 0.3) is 0 Å². The molecule has 0 radical (unpaired) electrons. The molecule has 0 aliphatic rings. The summed E-state index contributed by atoms with van der Waals surface area (Å²) in [5, 5.41) is 0. The van der Waals surface area contributed by atoms with E-state index in [1.807, 2.05) is 6.08 Å². The number of hydrogen-bond acceptors (Lipinski definition) is 3. The molecule has 114 valence electrons. The van der Waals surface area contributed by atoms with Crippen molar-refractivity contribution < 1.29 is 14.3 Å². The molecule has 1 aromatic rings. The van der Waals surface area contributed by atoms with Gasteiger partial charge < -0.3 is 9.47 Å². The lowest BCUT2D eigenvalue weighted by Gasteiger charge is -2.04. The van der Waals surface area contributed by atoms with E-state index in [1.54, 1.807) is 31.4 Å². The Morgan fingerprint density at radius 3 is 2.33 bits per heavy atom. The van der Waals surface area contributed by atoms with Crippen LogP contribution in [0.1, 0.15) is 44.0 Å². The standard InChI is InChI=1S/C18H24O3/c1-14(2)6-5-7-15(3)12-13-21-18(19)16-8-10-17(20-4)11-9-16/h6,8-12H,5,7,13H2,1-4H3/b15-12-. The maximum absolute atomic E-state index is 11.8. The quantitative estimate of drug-likeness (QED) is 0.545. The van der Waals surface area contributed by atoms with Crippen LogP contribution in [0.2, 0.25) is 0 Å². The van der Waals surface area contributed by atoms with Gasteiger partial charge in [0, 0.05) is 0 Å². The number of hydrogen-bond donors (Lipinski definition) is 0. The summed E-state index contributed by atoms with van der Waals surface area (Å²) in [4.78, 5) is 11.8. The maximum Gasteiger partial charge on any atom is 0.338 e. The Bertz CT molecular complexity index is 506. The van der Waals surface area contributed by atoms with E-state index in [4.69, 9.17) is 9.47 Å². The Balaban J connectivity index is 2.39. The predicted molar refractivity (Wildman–Crippen MR) is 85.7 cm³/mol. The normalized spacial score (nSPS) is 11.0. The number of esters is 1. The molecule has 1 rings (SSSR count). The molecule has 0 amide bonds. The molecular formula is C18H24O3. The zero-order valence-corrected chi connectivity index (χ0v) is 13.3. The van der Waals surface area contributed by atoms with Crippen LogP contribution in [-0.4, -0.2) is 19.7 Å². The van der Waals surface area contributed by atoms with Crippen molar-refractivity contribution in [2.24, 2.45) is 0 Å². The fraction of sp³-hybridized carbons (Fsp3) is 0.389. The van der Waals surface area contributed by atoms with Gasteiger partial charge in [-0.05, 0) is 64.0 Å². The van der Waals surface area contributed by atoms with Crippen molar-refractivity contribution >= 4 is 5.97 Å². The van der Waals surface area contributed by atoms with Crippen molar-refractivity contribution in [1.29, 1.82) is 0 Å². The summed E-state index contributed by atoms with van der Waals surface area (Å²) in [7, 11) is 1.59. The zero-order chi connectivity index (χ0) is 15.7. The maximum atomic E-state index is 11.8. The third-order valence-corrected chi connectivity index (χ3v) is 3.06. The van der Waals surface area contributed by atoms with Crippen LogP contribution in [0.3, 0.4) is 0 Å². The summed E-state index contributed by atoms with van der Waals surface area (Å²) in [5.74, 6) is 0.410. The zero-order valence-electron chi connectivity index (χ0n) is 13.3. The molecule has 0 fully saturated rings. The van der Waals surface area contributed by atoms with Crippen molar-refractivity contribution in [3.05, 3.63) is 53.1 Å². The molecule has 0 aliphatic heterocycles. The van der Waals surface area contributed by atoms with Crippen LogP contribution in [0.5, 0.6) is 5.75 Å². The average Bonchev–Trinajstić information content (AvgIpc) is 2.46. The summed E-state index contributed by atoms with van der Waals surface area (Å²) in [5.41, 5.74) is 3.09. The van der Waals surface area contributed by atoms with Gasteiger partial charge in [0.2, 0.25) is 0 Å². The lowest BCUT2D eigenvalue weighted by Crippen LogP contribution is -2.05. The minimum Gasteiger partial charge on any atom is -0.497 e. The van der Waals surface area contributed by atoms with Crippen molar-refractivity contribution in [3.8, 4) is 5.75 Å². The van der Waals surface area contributed by atoms with Gasteiger partial charge in [0.05, 0.1) is 12.7 Å². The van der Waals surface area contributed by atoms with Gasteiger partial charge in [0.1, 0.15) is 12.4 Å². The molecule has 3 heteroatoms. The van der Waals surface area contributed by atoms with Crippen molar-refractivity contribution in [3.63, 3.8) is 0 Å². The van der Waals surface area contributed by atoms with Crippen molar-refractivity contribution in [2.75, 3.05) is 13.7 Å². The number of carbonyl (C=O) groups is 1. The lowest BCUT2D eigenvalue weighted by molar-refractivity contribution is 0.0549. The number of methoxy groups -OCH3 is 1. The highest BCUT2D eigenvalue weighted by Crippen LogP contribution is 2.12. The predicted octanol–water partition coefficient (Wildman–Crippen LogP) is 4.54. The molecule has 0 aliphatic carbocycles. The van der Waals surface area contributed by atoms with Gasteiger partial charge in [0.15, 0.2) is 0 Å². The average molecular weight is 288 g/mol.